The summed E-state index contributed by atoms with van der Waals surface area (Å²) >= 11 is 0. The molecule has 0 saturated carbocycles. The second-order valence-corrected chi connectivity index (χ2v) is 4.41. The molecule has 4 heteroatoms. The average molecular weight is 258 g/mol. The molecule has 0 radical (unpaired) electrons. The fourth-order valence-electron chi connectivity index (χ4n) is 1.87. The number of hydrogen-bond acceptors (Lipinski definition) is 4. The van der Waals surface area contributed by atoms with E-state index in [1.54, 1.807) is 19.4 Å². The van der Waals surface area contributed by atoms with Crippen LogP contribution in [0.1, 0.15) is 16.7 Å². The van der Waals surface area contributed by atoms with Gasteiger partial charge in [0.05, 0.1) is 7.11 Å². The van der Waals surface area contributed by atoms with Gasteiger partial charge in [0.25, 0.3) is 0 Å². The van der Waals surface area contributed by atoms with Gasteiger partial charge in [0.15, 0.2) is 11.5 Å². The van der Waals surface area contributed by atoms with Crippen LogP contribution in [0.4, 0.5) is 0 Å². The minimum atomic E-state index is 0.163. The van der Waals surface area contributed by atoms with Gasteiger partial charge in [0, 0.05) is 25.5 Å². The number of hydrogen-bond donors (Lipinski definition) is 2. The first-order valence-corrected chi connectivity index (χ1v) is 6.17. The van der Waals surface area contributed by atoms with E-state index >= 15 is 0 Å². The van der Waals surface area contributed by atoms with Crippen molar-refractivity contribution in [3.8, 4) is 11.5 Å². The van der Waals surface area contributed by atoms with E-state index in [1.165, 1.54) is 11.1 Å². The van der Waals surface area contributed by atoms with Crippen molar-refractivity contribution in [1.82, 2.24) is 10.3 Å². The highest BCUT2D eigenvalue weighted by Crippen LogP contribution is 2.26. The van der Waals surface area contributed by atoms with E-state index in [1.807, 2.05) is 31.3 Å². The highest BCUT2D eigenvalue weighted by atomic mass is 16.5. The van der Waals surface area contributed by atoms with Crippen LogP contribution in [0.5, 0.6) is 11.5 Å². The van der Waals surface area contributed by atoms with Crippen molar-refractivity contribution < 1.29 is 9.84 Å². The Kier molecular flexibility index (Phi) is 4.36. The summed E-state index contributed by atoms with van der Waals surface area (Å²) in [6.45, 7) is 3.56. The Labute approximate surface area is 113 Å². The van der Waals surface area contributed by atoms with Gasteiger partial charge in [0.2, 0.25) is 0 Å². The number of nitrogens with zero attached hydrogens (tertiary/aromatic N) is 1. The van der Waals surface area contributed by atoms with E-state index < -0.39 is 0 Å². The van der Waals surface area contributed by atoms with Gasteiger partial charge in [0.1, 0.15) is 0 Å². The summed E-state index contributed by atoms with van der Waals surface area (Å²) in [4.78, 5) is 4.07. The van der Waals surface area contributed by atoms with Gasteiger partial charge in [-0.25, -0.2) is 0 Å². The van der Waals surface area contributed by atoms with E-state index in [4.69, 9.17) is 4.74 Å². The van der Waals surface area contributed by atoms with Crippen LogP contribution in [0.3, 0.4) is 0 Å². The van der Waals surface area contributed by atoms with Crippen molar-refractivity contribution in [1.29, 1.82) is 0 Å². The normalized spacial score (nSPS) is 10.4. The van der Waals surface area contributed by atoms with Crippen molar-refractivity contribution in [2.75, 3.05) is 7.11 Å². The fraction of sp³-hybridized carbons (Fsp3) is 0.267. The molecule has 0 spiro atoms. The number of phenols is 1. The molecule has 0 aliphatic carbocycles. The molecule has 0 saturated heterocycles. The van der Waals surface area contributed by atoms with Crippen LogP contribution in [0.25, 0.3) is 0 Å². The molecule has 1 aromatic heterocycles. The molecule has 0 unspecified atom stereocenters. The molecule has 1 heterocycles. The predicted molar refractivity (Wildman–Crippen MR) is 74.2 cm³/mol. The minimum Gasteiger partial charge on any atom is -0.504 e. The topological polar surface area (TPSA) is 54.4 Å². The number of ether oxygens (including phenoxy) is 1. The van der Waals surface area contributed by atoms with Gasteiger partial charge in [-0.05, 0) is 41.8 Å². The number of aryl methyl sites for hydroxylation is 1. The molecule has 100 valence electrons. The lowest BCUT2D eigenvalue weighted by atomic mass is 10.1. The second kappa shape index (κ2) is 6.20. The van der Waals surface area contributed by atoms with Crippen molar-refractivity contribution in [3.63, 3.8) is 0 Å². The Morgan fingerprint density at radius 2 is 2.11 bits per heavy atom. The van der Waals surface area contributed by atoms with Crippen LogP contribution in [0.2, 0.25) is 0 Å². The molecule has 19 heavy (non-hydrogen) atoms. The fourth-order valence-corrected chi connectivity index (χ4v) is 1.87. The van der Waals surface area contributed by atoms with Gasteiger partial charge in [-0.1, -0.05) is 6.07 Å². The van der Waals surface area contributed by atoms with Crippen LogP contribution in [-0.2, 0) is 13.1 Å². The number of aromatic nitrogens is 1. The molecule has 0 aliphatic heterocycles. The number of phenolic OH excluding ortho intramolecular Hbond substituents is 1. The molecule has 0 atom stereocenters. The van der Waals surface area contributed by atoms with Crippen LogP contribution >= 0.6 is 0 Å². The zero-order valence-corrected chi connectivity index (χ0v) is 11.2. The standard InChI is InChI=1S/C15H18N2O2/c1-11-8-16-6-5-13(11)10-17-9-12-3-4-14(18)15(7-12)19-2/h3-8,17-18H,9-10H2,1-2H3. The molecule has 0 fully saturated rings. The minimum absolute atomic E-state index is 0.163. The van der Waals surface area contributed by atoms with Crippen molar-refractivity contribution in [2.45, 2.75) is 20.0 Å². The first kappa shape index (κ1) is 13.4. The van der Waals surface area contributed by atoms with Gasteiger partial charge in [-0.3, -0.25) is 4.98 Å². The monoisotopic (exact) mass is 258 g/mol. The lowest BCUT2D eigenvalue weighted by Crippen LogP contribution is -2.13. The van der Waals surface area contributed by atoms with Crippen LogP contribution in [0.15, 0.2) is 36.7 Å². The number of rotatable bonds is 5. The Bertz CT molecular complexity index is 556. The van der Waals surface area contributed by atoms with Gasteiger partial charge < -0.3 is 15.2 Å². The number of benzene rings is 1. The summed E-state index contributed by atoms with van der Waals surface area (Å²) in [7, 11) is 1.55. The van der Waals surface area contributed by atoms with Crippen molar-refractivity contribution >= 4 is 0 Å². The third kappa shape index (κ3) is 3.45. The zero-order valence-electron chi connectivity index (χ0n) is 11.2. The second-order valence-electron chi connectivity index (χ2n) is 4.41. The number of methoxy groups -OCH3 is 1. The van der Waals surface area contributed by atoms with E-state index in [0.717, 1.165) is 18.7 Å². The average Bonchev–Trinajstić information content (AvgIpc) is 2.43. The molecule has 4 nitrogen and oxygen atoms in total. The number of nitrogens with one attached hydrogen (secondary N) is 1. The molecular weight excluding hydrogens is 240 g/mol. The molecule has 2 rings (SSSR count). The van der Waals surface area contributed by atoms with Crippen LogP contribution in [0, 0.1) is 6.92 Å². The van der Waals surface area contributed by atoms with E-state index in [9.17, 15) is 5.11 Å². The largest absolute Gasteiger partial charge is 0.504 e. The molecule has 2 N–H and O–H groups in total. The molecule has 0 aliphatic rings. The zero-order chi connectivity index (χ0) is 13.7. The summed E-state index contributed by atoms with van der Waals surface area (Å²) in [6, 6.07) is 7.37. The van der Waals surface area contributed by atoms with E-state index in [-0.39, 0.29) is 5.75 Å². The maximum atomic E-state index is 9.52. The summed E-state index contributed by atoms with van der Waals surface area (Å²) in [5.74, 6) is 0.663. The van der Waals surface area contributed by atoms with Crippen molar-refractivity contribution in [2.24, 2.45) is 0 Å². The maximum Gasteiger partial charge on any atom is 0.160 e. The maximum absolute atomic E-state index is 9.52. The molecular formula is C15H18N2O2. The first-order valence-electron chi connectivity index (χ1n) is 6.17. The SMILES string of the molecule is COc1cc(CNCc2ccncc2C)ccc1O. The Balaban J connectivity index is 1.94. The van der Waals surface area contributed by atoms with Crippen LogP contribution < -0.4 is 10.1 Å². The van der Waals surface area contributed by atoms with E-state index in [2.05, 4.69) is 10.3 Å². The molecule has 0 amide bonds. The number of pyridine rings is 1. The molecule has 2 aromatic rings. The van der Waals surface area contributed by atoms with Crippen LogP contribution in [-0.4, -0.2) is 17.2 Å². The van der Waals surface area contributed by atoms with Gasteiger partial charge in [-0.15, -0.1) is 0 Å². The lowest BCUT2D eigenvalue weighted by molar-refractivity contribution is 0.373. The number of aromatic hydroxyl groups is 1. The highest BCUT2D eigenvalue weighted by Gasteiger charge is 2.03. The Hall–Kier alpha value is -2.07. The summed E-state index contributed by atoms with van der Waals surface area (Å²) < 4.78 is 5.08. The quantitative estimate of drug-likeness (QED) is 0.864. The smallest absolute Gasteiger partial charge is 0.160 e. The summed E-state index contributed by atoms with van der Waals surface area (Å²) in [5, 5.41) is 12.9. The summed E-state index contributed by atoms with van der Waals surface area (Å²) in [6.07, 6.45) is 3.66. The molecule has 0 bridgehead atoms. The third-order valence-corrected chi connectivity index (χ3v) is 3.03. The highest BCUT2D eigenvalue weighted by molar-refractivity contribution is 5.41. The van der Waals surface area contributed by atoms with Crippen molar-refractivity contribution in [3.05, 3.63) is 53.3 Å². The first-order chi connectivity index (χ1) is 9.20. The Morgan fingerprint density at radius 3 is 2.84 bits per heavy atom. The summed E-state index contributed by atoms with van der Waals surface area (Å²) in [5.41, 5.74) is 3.49. The van der Waals surface area contributed by atoms with E-state index in [0.29, 0.717) is 5.75 Å². The third-order valence-electron chi connectivity index (χ3n) is 3.03. The van der Waals surface area contributed by atoms with Gasteiger partial charge >= 0.3 is 0 Å². The molecule has 1 aromatic carbocycles. The van der Waals surface area contributed by atoms with Gasteiger partial charge in [-0.2, -0.15) is 0 Å². The Morgan fingerprint density at radius 1 is 1.26 bits per heavy atom. The predicted octanol–water partition coefficient (Wildman–Crippen LogP) is 2.39. The lowest BCUT2D eigenvalue weighted by Gasteiger charge is -2.09.